The van der Waals surface area contributed by atoms with Gasteiger partial charge in [-0.15, -0.1) is 22.7 Å². The van der Waals surface area contributed by atoms with E-state index < -0.39 is 29.0 Å². The number of hydrogen-bond donors (Lipinski definition) is 1. The third-order valence-electron chi connectivity index (χ3n) is 4.25. The van der Waals surface area contributed by atoms with Crippen LogP contribution in [-0.2, 0) is 11.3 Å². The first-order valence-corrected chi connectivity index (χ1v) is 10.8. The summed E-state index contributed by atoms with van der Waals surface area (Å²) in [4.78, 5) is 40.5. The molecule has 0 bridgehead atoms. The molecule has 1 aliphatic heterocycles. The fraction of sp³-hybridized carbons (Fsp3) is 0.444. The lowest BCUT2D eigenvalue weighted by Crippen LogP contribution is -2.48. The maximum absolute atomic E-state index is 12.5. The molecule has 0 unspecified atom stereocenters. The number of nitrogens with zero attached hydrogens (tertiary/aromatic N) is 3. The number of rotatable bonds is 4. The normalized spacial score (nSPS) is 15.1. The van der Waals surface area contributed by atoms with Gasteiger partial charge in [-0.25, -0.2) is 9.78 Å². The summed E-state index contributed by atoms with van der Waals surface area (Å²) in [7, 11) is 0. The number of carboxylic acid groups (broad SMARTS) is 1. The van der Waals surface area contributed by atoms with E-state index in [1.807, 2.05) is 12.3 Å². The molecule has 0 saturated carbocycles. The number of aliphatic carboxylic acids is 1. The van der Waals surface area contributed by atoms with Crippen LogP contribution in [0, 0.1) is 6.92 Å². The van der Waals surface area contributed by atoms with Crippen molar-refractivity contribution in [3.63, 3.8) is 0 Å². The standard InChI is InChI=1S/C16H16F3N3O2S2.C2HF3O2/c1-10-20-11(9-25-10)8-21-4-6-22(7-5-21)15(24)13-3-2-12(26-13)14(23)16(17,18)19;3-2(4,5)1(6)7/h2-3,9H,4-8H2,1H3;(H,6,7). The van der Waals surface area contributed by atoms with Crippen LogP contribution in [0.4, 0.5) is 26.3 Å². The van der Waals surface area contributed by atoms with Gasteiger partial charge in [0.2, 0.25) is 0 Å². The van der Waals surface area contributed by atoms with Gasteiger partial charge in [0.05, 0.1) is 20.5 Å². The Morgan fingerprint density at radius 2 is 1.55 bits per heavy atom. The molecule has 0 aliphatic carbocycles. The molecule has 1 N–H and O–H groups in total. The molecular formula is C18H17F6N3O4S2. The first-order valence-electron chi connectivity index (χ1n) is 9.12. The number of aromatic nitrogens is 1. The van der Waals surface area contributed by atoms with Crippen LogP contribution in [0.3, 0.4) is 0 Å². The Morgan fingerprint density at radius 1 is 1.00 bits per heavy atom. The van der Waals surface area contributed by atoms with Crippen LogP contribution in [0.5, 0.6) is 0 Å². The predicted octanol–water partition coefficient (Wildman–Crippen LogP) is 3.85. The molecule has 3 heterocycles. The third-order valence-corrected chi connectivity index (χ3v) is 6.15. The first kappa shape index (κ1) is 26.7. The number of aryl methyl sites for hydroxylation is 1. The van der Waals surface area contributed by atoms with Crippen molar-refractivity contribution >= 4 is 40.3 Å². The monoisotopic (exact) mass is 517 g/mol. The number of Topliss-reactive ketones (excluding diaryl/α,β-unsaturated/α-hetero) is 1. The van der Waals surface area contributed by atoms with Crippen LogP contribution in [0.1, 0.15) is 30.0 Å². The zero-order valence-corrected chi connectivity index (χ0v) is 18.5. The summed E-state index contributed by atoms with van der Waals surface area (Å²) in [6, 6.07) is 2.35. The highest BCUT2D eigenvalue weighted by atomic mass is 32.1. The number of amides is 1. The molecule has 1 aliphatic rings. The van der Waals surface area contributed by atoms with E-state index in [0.29, 0.717) is 37.5 Å². The van der Waals surface area contributed by atoms with Crippen molar-refractivity contribution in [1.82, 2.24) is 14.8 Å². The number of piperazine rings is 1. The Labute approximate surface area is 191 Å². The minimum absolute atomic E-state index is 0.154. The molecular weight excluding hydrogens is 500 g/mol. The number of alkyl halides is 6. The molecule has 0 atom stereocenters. The molecule has 0 spiro atoms. The Balaban J connectivity index is 0.000000479. The quantitative estimate of drug-likeness (QED) is 0.490. The van der Waals surface area contributed by atoms with Crippen LogP contribution in [0.2, 0.25) is 0 Å². The van der Waals surface area contributed by atoms with Gasteiger partial charge in [-0.05, 0) is 19.1 Å². The Kier molecular flexibility index (Phi) is 8.59. The van der Waals surface area contributed by atoms with Crippen molar-refractivity contribution in [3.05, 3.63) is 38.0 Å². The van der Waals surface area contributed by atoms with Gasteiger partial charge >= 0.3 is 18.3 Å². The fourth-order valence-corrected chi connectivity index (χ4v) is 4.23. The summed E-state index contributed by atoms with van der Waals surface area (Å²) in [5.74, 6) is -5.00. The van der Waals surface area contributed by atoms with E-state index in [1.165, 1.54) is 6.07 Å². The molecule has 7 nitrogen and oxygen atoms in total. The second kappa shape index (κ2) is 10.6. The summed E-state index contributed by atoms with van der Waals surface area (Å²) in [5, 5.41) is 10.1. The lowest BCUT2D eigenvalue weighted by molar-refractivity contribution is -0.192. The van der Waals surface area contributed by atoms with Gasteiger partial charge in [0.25, 0.3) is 11.7 Å². The molecule has 1 saturated heterocycles. The number of thiazole rings is 1. The zero-order valence-electron chi connectivity index (χ0n) is 16.9. The topological polar surface area (TPSA) is 90.8 Å². The lowest BCUT2D eigenvalue weighted by atomic mass is 10.2. The minimum atomic E-state index is -5.08. The SMILES string of the molecule is Cc1nc(CN2CCN(C(=O)c3ccc(C(=O)C(F)(F)F)s3)CC2)cs1.O=C(O)C(F)(F)F. The Hall–Kier alpha value is -2.52. The van der Waals surface area contributed by atoms with Crippen molar-refractivity contribution in [2.45, 2.75) is 25.8 Å². The average Bonchev–Trinajstić information content (AvgIpc) is 3.36. The van der Waals surface area contributed by atoms with Gasteiger partial charge in [0.1, 0.15) is 0 Å². The van der Waals surface area contributed by atoms with E-state index in [9.17, 15) is 35.9 Å². The average molecular weight is 517 g/mol. The smallest absolute Gasteiger partial charge is 0.475 e. The summed E-state index contributed by atoms with van der Waals surface area (Å²) in [6.07, 6.45) is -10.0. The van der Waals surface area contributed by atoms with E-state index in [1.54, 1.807) is 16.2 Å². The summed E-state index contributed by atoms with van der Waals surface area (Å²) in [5.41, 5.74) is 1.00. The number of halogens is 6. The van der Waals surface area contributed by atoms with Gasteiger partial charge in [-0.1, -0.05) is 0 Å². The number of carbonyl (C=O) groups is 3. The number of thiophene rings is 1. The van der Waals surface area contributed by atoms with Crippen molar-refractivity contribution in [2.75, 3.05) is 26.2 Å². The highest BCUT2D eigenvalue weighted by Gasteiger charge is 2.40. The largest absolute Gasteiger partial charge is 0.490 e. The molecule has 15 heteroatoms. The second-order valence-electron chi connectivity index (χ2n) is 6.72. The van der Waals surface area contributed by atoms with Gasteiger partial charge in [0, 0.05) is 38.1 Å². The zero-order chi connectivity index (χ0) is 25.0. The Bertz CT molecular complexity index is 994. The van der Waals surface area contributed by atoms with Crippen LogP contribution in [0.25, 0.3) is 0 Å². The van der Waals surface area contributed by atoms with Crippen molar-refractivity contribution in [3.8, 4) is 0 Å². The van der Waals surface area contributed by atoms with Crippen LogP contribution in [-0.4, -0.2) is 76.1 Å². The minimum Gasteiger partial charge on any atom is -0.475 e. The lowest BCUT2D eigenvalue weighted by Gasteiger charge is -2.34. The molecule has 33 heavy (non-hydrogen) atoms. The number of carboxylic acids is 1. The first-order chi connectivity index (χ1) is 15.2. The van der Waals surface area contributed by atoms with Gasteiger partial charge in [-0.3, -0.25) is 14.5 Å². The van der Waals surface area contributed by atoms with Crippen LogP contribution < -0.4 is 0 Å². The maximum Gasteiger partial charge on any atom is 0.490 e. The molecule has 2 aromatic heterocycles. The van der Waals surface area contributed by atoms with E-state index in [2.05, 4.69) is 9.88 Å². The van der Waals surface area contributed by atoms with Crippen LogP contribution >= 0.6 is 22.7 Å². The fourth-order valence-electron chi connectivity index (χ4n) is 2.69. The van der Waals surface area contributed by atoms with Gasteiger partial charge in [-0.2, -0.15) is 26.3 Å². The van der Waals surface area contributed by atoms with Gasteiger partial charge < -0.3 is 10.0 Å². The van der Waals surface area contributed by atoms with E-state index in [0.717, 1.165) is 23.3 Å². The number of ketones is 1. The van der Waals surface area contributed by atoms with Crippen molar-refractivity contribution < 1.29 is 45.8 Å². The molecule has 0 radical (unpaired) electrons. The molecule has 2 aromatic rings. The molecule has 1 fully saturated rings. The van der Waals surface area contributed by atoms with Gasteiger partial charge in [0.15, 0.2) is 0 Å². The van der Waals surface area contributed by atoms with E-state index in [-0.39, 0.29) is 10.8 Å². The number of carbonyl (C=O) groups excluding carboxylic acids is 2. The third kappa shape index (κ3) is 7.78. The number of hydrogen-bond acceptors (Lipinski definition) is 7. The molecule has 182 valence electrons. The maximum atomic E-state index is 12.5. The summed E-state index contributed by atoms with van der Waals surface area (Å²) < 4.78 is 69.2. The molecule has 3 rings (SSSR count). The van der Waals surface area contributed by atoms with Crippen molar-refractivity contribution in [1.29, 1.82) is 0 Å². The van der Waals surface area contributed by atoms with Crippen molar-refractivity contribution in [2.24, 2.45) is 0 Å². The molecule has 1 amide bonds. The predicted molar refractivity (Wildman–Crippen MR) is 106 cm³/mol. The highest BCUT2D eigenvalue weighted by Crippen LogP contribution is 2.27. The highest BCUT2D eigenvalue weighted by molar-refractivity contribution is 7.16. The second-order valence-corrected chi connectivity index (χ2v) is 8.87. The summed E-state index contributed by atoms with van der Waals surface area (Å²) >= 11 is 2.19. The van der Waals surface area contributed by atoms with E-state index in [4.69, 9.17) is 9.90 Å². The van der Waals surface area contributed by atoms with E-state index >= 15 is 0 Å². The van der Waals surface area contributed by atoms with Crippen LogP contribution in [0.15, 0.2) is 17.5 Å². The Morgan fingerprint density at radius 3 is 2.00 bits per heavy atom. The summed E-state index contributed by atoms with van der Waals surface area (Å²) in [6.45, 7) is 4.98. The molecule has 0 aromatic carbocycles.